The Balaban J connectivity index is 2.42. The van der Waals surface area contributed by atoms with E-state index < -0.39 is 6.30 Å². The predicted octanol–water partition coefficient (Wildman–Crippen LogP) is 0.288. The highest BCUT2D eigenvalue weighted by molar-refractivity contribution is 4.86. The Bertz CT molecular complexity index is 103. The van der Waals surface area contributed by atoms with Crippen molar-refractivity contribution in [3.05, 3.63) is 12.4 Å². The smallest absolute Gasteiger partial charge is 0.187 e. The van der Waals surface area contributed by atoms with Crippen LogP contribution >= 0.6 is 0 Å². The number of likely N-dealkylation sites (N-methyl/N-ethyl adjacent to an activating group) is 1. The minimum Gasteiger partial charge on any atom is -0.374 e. The third kappa shape index (κ3) is 1.12. The largest absolute Gasteiger partial charge is 0.374 e. The van der Waals surface area contributed by atoms with Gasteiger partial charge in [0.25, 0.3) is 0 Å². The fraction of sp³-hybridized carbons (Fsp3) is 0.600. The van der Waals surface area contributed by atoms with Crippen LogP contribution in [-0.4, -0.2) is 24.8 Å². The number of hydrogen-bond acceptors (Lipinski definition) is 2. The van der Waals surface area contributed by atoms with Gasteiger partial charge in [0.2, 0.25) is 0 Å². The summed E-state index contributed by atoms with van der Waals surface area (Å²) in [6.07, 6.45) is 2.51. The zero-order valence-electron chi connectivity index (χ0n) is 4.76. The highest BCUT2D eigenvalue weighted by Crippen LogP contribution is 1.96. The molecule has 46 valence electrons. The second kappa shape index (κ2) is 2.03. The van der Waals surface area contributed by atoms with Crippen molar-refractivity contribution in [3.63, 3.8) is 0 Å². The van der Waals surface area contributed by atoms with Crippen LogP contribution in [0.1, 0.15) is 0 Å². The molecule has 0 aromatic carbocycles. The highest BCUT2D eigenvalue weighted by Gasteiger charge is 2.07. The molecular formula is C5H9FN2. The van der Waals surface area contributed by atoms with Crippen LogP contribution in [0.15, 0.2) is 12.4 Å². The van der Waals surface area contributed by atoms with Crippen LogP contribution in [-0.2, 0) is 0 Å². The van der Waals surface area contributed by atoms with Crippen molar-refractivity contribution in [3.8, 4) is 0 Å². The minimum atomic E-state index is -0.898. The molecular weight excluding hydrogens is 107 g/mol. The second-order valence-corrected chi connectivity index (χ2v) is 1.89. The molecule has 0 aliphatic carbocycles. The van der Waals surface area contributed by atoms with Crippen molar-refractivity contribution < 1.29 is 4.39 Å². The summed E-state index contributed by atoms with van der Waals surface area (Å²) in [5, 5.41) is 2.52. The number of nitrogens with zero attached hydrogens (tertiary/aromatic N) is 1. The molecule has 0 radical (unpaired) electrons. The average Bonchev–Trinajstić information content (AvgIpc) is 1.64. The molecule has 0 aromatic heterocycles. The van der Waals surface area contributed by atoms with Crippen molar-refractivity contribution >= 4 is 0 Å². The molecule has 1 N–H and O–H groups in total. The first-order valence-corrected chi connectivity index (χ1v) is 2.56. The van der Waals surface area contributed by atoms with Gasteiger partial charge in [0.15, 0.2) is 6.30 Å². The van der Waals surface area contributed by atoms with Gasteiger partial charge in [-0.05, 0) is 0 Å². The van der Waals surface area contributed by atoms with E-state index >= 15 is 0 Å². The molecule has 1 rings (SSSR count). The molecule has 1 atom stereocenters. The maximum absolute atomic E-state index is 12.2. The Labute approximate surface area is 48.0 Å². The first-order valence-electron chi connectivity index (χ1n) is 2.56. The maximum atomic E-state index is 12.2. The number of alkyl halides is 1. The standard InChI is InChI=1S/C5H9FN2/c1-8-3-2-7-5(6)4-8/h2-3,5,7H,4H2,1H3. The molecule has 3 heteroatoms. The van der Waals surface area contributed by atoms with Crippen LogP contribution in [0.3, 0.4) is 0 Å². The van der Waals surface area contributed by atoms with E-state index in [1.54, 1.807) is 17.3 Å². The lowest BCUT2D eigenvalue weighted by molar-refractivity contribution is 0.222. The Morgan fingerprint density at radius 3 is 3.00 bits per heavy atom. The van der Waals surface area contributed by atoms with Gasteiger partial charge in [-0.1, -0.05) is 0 Å². The van der Waals surface area contributed by atoms with E-state index in [9.17, 15) is 4.39 Å². The zero-order chi connectivity index (χ0) is 5.98. The van der Waals surface area contributed by atoms with Gasteiger partial charge in [0.1, 0.15) is 0 Å². The second-order valence-electron chi connectivity index (χ2n) is 1.89. The lowest BCUT2D eigenvalue weighted by Gasteiger charge is -2.21. The molecule has 0 bridgehead atoms. The van der Waals surface area contributed by atoms with Gasteiger partial charge < -0.3 is 10.2 Å². The van der Waals surface area contributed by atoms with E-state index in [0.717, 1.165) is 0 Å². The third-order valence-corrected chi connectivity index (χ3v) is 1.05. The molecule has 1 aliphatic rings. The van der Waals surface area contributed by atoms with E-state index in [4.69, 9.17) is 0 Å². The lowest BCUT2D eigenvalue weighted by atomic mass is 10.5. The summed E-state index contributed by atoms with van der Waals surface area (Å²) < 4.78 is 12.2. The summed E-state index contributed by atoms with van der Waals surface area (Å²) in [7, 11) is 1.84. The normalized spacial score (nSPS) is 27.8. The first kappa shape index (κ1) is 5.41. The maximum Gasteiger partial charge on any atom is 0.187 e. The summed E-state index contributed by atoms with van der Waals surface area (Å²) in [5.41, 5.74) is 0. The van der Waals surface area contributed by atoms with Crippen LogP contribution < -0.4 is 5.32 Å². The molecule has 1 unspecified atom stereocenters. The molecule has 0 amide bonds. The van der Waals surface area contributed by atoms with Gasteiger partial charge in [-0.25, -0.2) is 4.39 Å². The number of halogens is 1. The first-order chi connectivity index (χ1) is 3.79. The number of nitrogens with one attached hydrogen (secondary N) is 1. The van der Waals surface area contributed by atoms with E-state index in [-0.39, 0.29) is 0 Å². The van der Waals surface area contributed by atoms with Gasteiger partial charge >= 0.3 is 0 Å². The van der Waals surface area contributed by atoms with Crippen molar-refractivity contribution in [1.82, 2.24) is 10.2 Å². The van der Waals surface area contributed by atoms with Crippen LogP contribution in [0.2, 0.25) is 0 Å². The molecule has 1 aliphatic heterocycles. The Hall–Kier alpha value is -0.730. The van der Waals surface area contributed by atoms with E-state index in [2.05, 4.69) is 5.32 Å². The van der Waals surface area contributed by atoms with Gasteiger partial charge in [0.05, 0.1) is 6.54 Å². The molecule has 2 nitrogen and oxygen atoms in total. The molecule has 0 fully saturated rings. The number of rotatable bonds is 0. The predicted molar refractivity (Wildman–Crippen MR) is 29.8 cm³/mol. The van der Waals surface area contributed by atoms with Gasteiger partial charge in [-0.3, -0.25) is 0 Å². The summed E-state index contributed by atoms with van der Waals surface area (Å²) in [4.78, 5) is 1.79. The Kier molecular flexibility index (Phi) is 1.37. The Morgan fingerprint density at radius 1 is 1.88 bits per heavy atom. The topological polar surface area (TPSA) is 15.3 Å². The fourth-order valence-corrected chi connectivity index (χ4v) is 0.641. The van der Waals surface area contributed by atoms with Crippen molar-refractivity contribution in [1.29, 1.82) is 0 Å². The van der Waals surface area contributed by atoms with Gasteiger partial charge in [0, 0.05) is 19.4 Å². The SMILES string of the molecule is CN1C=CNC(F)C1. The van der Waals surface area contributed by atoms with Crippen LogP contribution in [0.4, 0.5) is 4.39 Å². The van der Waals surface area contributed by atoms with E-state index in [0.29, 0.717) is 6.54 Å². The molecule has 1 heterocycles. The van der Waals surface area contributed by atoms with Crippen LogP contribution in [0, 0.1) is 0 Å². The lowest BCUT2D eigenvalue weighted by Crippen LogP contribution is -2.35. The van der Waals surface area contributed by atoms with E-state index in [1.807, 2.05) is 7.05 Å². The molecule has 8 heavy (non-hydrogen) atoms. The molecule has 0 saturated carbocycles. The van der Waals surface area contributed by atoms with Crippen LogP contribution in [0.5, 0.6) is 0 Å². The average molecular weight is 116 g/mol. The summed E-state index contributed by atoms with van der Waals surface area (Å²) in [5.74, 6) is 0. The number of hydrogen-bond donors (Lipinski definition) is 1. The quantitative estimate of drug-likeness (QED) is 0.457. The molecule has 0 aromatic rings. The van der Waals surface area contributed by atoms with Gasteiger partial charge in [-0.2, -0.15) is 0 Å². The fourth-order valence-electron chi connectivity index (χ4n) is 0.641. The van der Waals surface area contributed by atoms with Crippen molar-refractivity contribution in [2.75, 3.05) is 13.6 Å². The minimum absolute atomic E-state index is 0.441. The molecule has 0 saturated heterocycles. The molecule has 0 spiro atoms. The van der Waals surface area contributed by atoms with Crippen LogP contribution in [0.25, 0.3) is 0 Å². The Morgan fingerprint density at radius 2 is 2.62 bits per heavy atom. The van der Waals surface area contributed by atoms with E-state index in [1.165, 1.54) is 0 Å². The zero-order valence-corrected chi connectivity index (χ0v) is 4.76. The van der Waals surface area contributed by atoms with Gasteiger partial charge in [-0.15, -0.1) is 0 Å². The summed E-state index contributed by atoms with van der Waals surface area (Å²) in [6.45, 7) is 0.441. The monoisotopic (exact) mass is 116 g/mol. The van der Waals surface area contributed by atoms with Crippen molar-refractivity contribution in [2.24, 2.45) is 0 Å². The highest BCUT2D eigenvalue weighted by atomic mass is 19.1. The summed E-state index contributed by atoms with van der Waals surface area (Å²) >= 11 is 0. The van der Waals surface area contributed by atoms with Crippen molar-refractivity contribution in [2.45, 2.75) is 6.30 Å². The third-order valence-electron chi connectivity index (χ3n) is 1.05. The summed E-state index contributed by atoms with van der Waals surface area (Å²) in [6, 6.07) is 0.